The zero-order chi connectivity index (χ0) is 22.9. The molecule has 0 aromatic heterocycles. The van der Waals surface area contributed by atoms with Crippen LogP contribution in [0.4, 0.5) is 18.9 Å². The van der Waals surface area contributed by atoms with Gasteiger partial charge in [-0.15, -0.1) is 13.2 Å². The van der Waals surface area contributed by atoms with Gasteiger partial charge in [-0.1, -0.05) is 18.2 Å². The molecule has 0 bridgehead atoms. The minimum atomic E-state index is -4.81. The lowest BCUT2D eigenvalue weighted by Gasteiger charge is -2.12. The first-order chi connectivity index (χ1) is 14.7. The van der Waals surface area contributed by atoms with E-state index >= 15 is 0 Å². The number of rotatable bonds is 9. The molecular weight excluding hydrogens is 419 g/mol. The molecule has 0 fully saturated rings. The number of benzene rings is 2. The van der Waals surface area contributed by atoms with E-state index in [1.165, 1.54) is 19.2 Å². The van der Waals surface area contributed by atoms with Crippen LogP contribution >= 0.6 is 0 Å². The quantitative estimate of drug-likeness (QED) is 0.590. The van der Waals surface area contributed by atoms with E-state index in [2.05, 4.69) is 10.1 Å². The summed E-state index contributed by atoms with van der Waals surface area (Å²) in [5.74, 6) is -1.13. The van der Waals surface area contributed by atoms with Gasteiger partial charge in [0, 0.05) is 5.69 Å². The maximum absolute atomic E-state index is 12.1. The number of alkyl halides is 3. The first-order valence-electron chi connectivity index (χ1n) is 8.95. The second-order valence-electron chi connectivity index (χ2n) is 5.98. The molecule has 2 aromatic carbocycles. The number of carbonyl (C=O) groups is 2. The number of anilines is 1. The minimum absolute atomic E-state index is 0.206. The van der Waals surface area contributed by atoms with E-state index < -0.39 is 37.2 Å². The number of amides is 1. The number of esters is 1. The van der Waals surface area contributed by atoms with Crippen LogP contribution in [-0.4, -0.2) is 38.6 Å². The van der Waals surface area contributed by atoms with Gasteiger partial charge < -0.3 is 24.3 Å². The Morgan fingerprint density at radius 1 is 1.03 bits per heavy atom. The summed E-state index contributed by atoms with van der Waals surface area (Å²) >= 11 is 0. The molecule has 10 heteroatoms. The van der Waals surface area contributed by atoms with Crippen molar-refractivity contribution in [2.75, 3.05) is 25.6 Å². The minimum Gasteiger partial charge on any atom is -0.493 e. The highest BCUT2D eigenvalue weighted by Crippen LogP contribution is 2.28. The van der Waals surface area contributed by atoms with E-state index in [1.54, 1.807) is 18.2 Å². The first kappa shape index (κ1) is 23.6. The standard InChI is InChI=1S/C21H20F3NO6/c1-3-4-14-5-10-17(18(11-14)28-2)29-13-20(27)30-12-19(26)25-15-6-8-16(9-7-15)31-21(22,23)24/h3-11H,12-13H2,1-2H3,(H,25,26)/b4-3+. The molecule has 0 unspecified atom stereocenters. The van der Waals surface area contributed by atoms with E-state index in [0.717, 1.165) is 17.7 Å². The second kappa shape index (κ2) is 10.9. The fourth-order valence-corrected chi connectivity index (χ4v) is 2.36. The molecule has 0 aliphatic rings. The Balaban J connectivity index is 1.79. The summed E-state index contributed by atoms with van der Waals surface area (Å²) in [6, 6.07) is 9.66. The van der Waals surface area contributed by atoms with Gasteiger partial charge in [0.05, 0.1) is 7.11 Å². The lowest BCUT2D eigenvalue weighted by atomic mass is 10.2. The smallest absolute Gasteiger partial charge is 0.493 e. The van der Waals surface area contributed by atoms with Gasteiger partial charge in [0.2, 0.25) is 0 Å². The molecule has 0 atom stereocenters. The summed E-state index contributed by atoms with van der Waals surface area (Å²) in [7, 11) is 1.46. The third-order valence-corrected chi connectivity index (χ3v) is 3.63. The Labute approximate surface area is 176 Å². The maximum Gasteiger partial charge on any atom is 0.573 e. The average Bonchev–Trinajstić information content (AvgIpc) is 2.71. The average molecular weight is 439 g/mol. The summed E-state index contributed by atoms with van der Waals surface area (Å²) in [6.07, 6.45) is -1.07. The van der Waals surface area contributed by atoms with Crippen molar-refractivity contribution >= 4 is 23.6 Å². The Bertz CT molecular complexity index is 926. The Morgan fingerprint density at radius 2 is 1.74 bits per heavy atom. The summed E-state index contributed by atoms with van der Waals surface area (Å²) in [6.45, 7) is 0.830. The number of ether oxygens (including phenoxy) is 4. The maximum atomic E-state index is 12.1. The van der Waals surface area contributed by atoms with Gasteiger partial charge >= 0.3 is 12.3 Å². The second-order valence-corrected chi connectivity index (χ2v) is 5.98. The molecule has 0 saturated heterocycles. The highest BCUT2D eigenvalue weighted by Gasteiger charge is 2.30. The Morgan fingerprint density at radius 3 is 2.35 bits per heavy atom. The molecule has 31 heavy (non-hydrogen) atoms. The van der Waals surface area contributed by atoms with Crippen molar-refractivity contribution in [3.05, 3.63) is 54.1 Å². The number of allylic oxidation sites excluding steroid dienone is 1. The molecule has 1 N–H and O–H groups in total. The molecule has 7 nitrogen and oxygen atoms in total. The van der Waals surface area contributed by atoms with Crippen molar-refractivity contribution in [2.45, 2.75) is 13.3 Å². The van der Waals surface area contributed by atoms with Crippen LogP contribution in [0.15, 0.2) is 48.5 Å². The summed E-state index contributed by atoms with van der Waals surface area (Å²) in [5.41, 5.74) is 1.10. The predicted molar refractivity (Wildman–Crippen MR) is 106 cm³/mol. The number of carbonyl (C=O) groups excluding carboxylic acids is 2. The molecule has 0 heterocycles. The molecule has 1 amide bonds. The normalized spacial score (nSPS) is 11.1. The lowest BCUT2D eigenvalue weighted by Crippen LogP contribution is -2.23. The highest BCUT2D eigenvalue weighted by molar-refractivity contribution is 5.92. The Hall–Kier alpha value is -3.69. The number of hydrogen-bond donors (Lipinski definition) is 1. The van der Waals surface area contributed by atoms with Gasteiger partial charge in [-0.2, -0.15) is 0 Å². The third kappa shape index (κ3) is 8.29. The molecule has 0 saturated carbocycles. The summed E-state index contributed by atoms with van der Waals surface area (Å²) in [5, 5.41) is 2.38. The van der Waals surface area contributed by atoms with Crippen molar-refractivity contribution in [1.82, 2.24) is 0 Å². The number of methoxy groups -OCH3 is 1. The van der Waals surface area contributed by atoms with Crippen LogP contribution in [0.3, 0.4) is 0 Å². The SMILES string of the molecule is C/C=C/c1ccc(OCC(=O)OCC(=O)Nc2ccc(OC(F)(F)F)cc2)c(OC)c1. The van der Waals surface area contributed by atoms with E-state index in [4.69, 9.17) is 14.2 Å². The van der Waals surface area contributed by atoms with Crippen LogP contribution in [0.1, 0.15) is 12.5 Å². The predicted octanol–water partition coefficient (Wildman–Crippen LogP) is 4.19. The van der Waals surface area contributed by atoms with E-state index in [-0.39, 0.29) is 5.69 Å². The fourth-order valence-electron chi connectivity index (χ4n) is 2.36. The molecule has 166 valence electrons. The van der Waals surface area contributed by atoms with Crippen LogP contribution in [0, 0.1) is 0 Å². The molecule has 0 radical (unpaired) electrons. The molecule has 0 spiro atoms. The summed E-state index contributed by atoms with van der Waals surface area (Å²) < 4.78 is 55.5. The van der Waals surface area contributed by atoms with Crippen molar-refractivity contribution < 1.29 is 41.7 Å². The van der Waals surface area contributed by atoms with Gasteiger partial charge in [-0.3, -0.25) is 4.79 Å². The Kier molecular flexibility index (Phi) is 8.30. The van der Waals surface area contributed by atoms with Crippen molar-refractivity contribution in [3.8, 4) is 17.2 Å². The number of halogens is 3. The topological polar surface area (TPSA) is 83.1 Å². The highest BCUT2D eigenvalue weighted by atomic mass is 19.4. The van der Waals surface area contributed by atoms with Gasteiger partial charge in [0.1, 0.15) is 5.75 Å². The molecule has 0 aliphatic carbocycles. The monoisotopic (exact) mass is 439 g/mol. The summed E-state index contributed by atoms with van der Waals surface area (Å²) in [4.78, 5) is 23.7. The van der Waals surface area contributed by atoms with Crippen molar-refractivity contribution in [3.63, 3.8) is 0 Å². The zero-order valence-electron chi connectivity index (χ0n) is 16.7. The van der Waals surface area contributed by atoms with Gasteiger partial charge in [-0.25, -0.2) is 4.79 Å². The van der Waals surface area contributed by atoms with E-state index in [1.807, 2.05) is 19.1 Å². The third-order valence-electron chi connectivity index (χ3n) is 3.63. The van der Waals surface area contributed by atoms with Crippen LogP contribution in [0.25, 0.3) is 6.08 Å². The zero-order valence-corrected chi connectivity index (χ0v) is 16.7. The lowest BCUT2D eigenvalue weighted by molar-refractivity contribution is -0.274. The number of nitrogens with one attached hydrogen (secondary N) is 1. The number of hydrogen-bond acceptors (Lipinski definition) is 6. The van der Waals surface area contributed by atoms with Crippen LogP contribution in [0.5, 0.6) is 17.2 Å². The van der Waals surface area contributed by atoms with Crippen LogP contribution in [0.2, 0.25) is 0 Å². The van der Waals surface area contributed by atoms with Gasteiger partial charge in [-0.05, 0) is 48.9 Å². The van der Waals surface area contributed by atoms with Crippen LogP contribution < -0.4 is 19.5 Å². The molecule has 0 aliphatic heterocycles. The van der Waals surface area contributed by atoms with Crippen LogP contribution in [-0.2, 0) is 14.3 Å². The van der Waals surface area contributed by atoms with Gasteiger partial charge in [0.15, 0.2) is 24.7 Å². The van der Waals surface area contributed by atoms with E-state index in [0.29, 0.717) is 11.5 Å². The van der Waals surface area contributed by atoms with Gasteiger partial charge in [0.25, 0.3) is 5.91 Å². The molecular formula is C21H20F3NO6. The van der Waals surface area contributed by atoms with E-state index in [9.17, 15) is 22.8 Å². The molecule has 2 rings (SSSR count). The first-order valence-corrected chi connectivity index (χ1v) is 8.95. The van der Waals surface area contributed by atoms with Crippen molar-refractivity contribution in [2.24, 2.45) is 0 Å². The molecule has 2 aromatic rings. The van der Waals surface area contributed by atoms with Crippen molar-refractivity contribution in [1.29, 1.82) is 0 Å². The fraction of sp³-hybridized carbons (Fsp3) is 0.238. The largest absolute Gasteiger partial charge is 0.573 e.